The van der Waals surface area contributed by atoms with Crippen LogP contribution < -0.4 is 4.74 Å². The van der Waals surface area contributed by atoms with Gasteiger partial charge in [-0.2, -0.15) is 5.10 Å². The standard InChI is InChI=1S/C25H26F2N4O4/c1-15-18(11-30(3)29-15)25(13-32,14-33)10-21(34)23-16(2)28-24-22(8-5-9-31(23)24)35-12-17-19(26)6-4-7-20(17)27/h4-9,11,32-33H,10,12-14H2,1-3H3. The first-order chi connectivity index (χ1) is 16.7. The van der Waals surface area contributed by atoms with Gasteiger partial charge in [0, 0.05) is 31.4 Å². The van der Waals surface area contributed by atoms with Crippen molar-refractivity contribution in [2.45, 2.75) is 32.3 Å². The highest BCUT2D eigenvalue weighted by Gasteiger charge is 2.38. The number of aliphatic hydroxyl groups is 2. The third kappa shape index (κ3) is 4.42. The number of ketones is 1. The maximum absolute atomic E-state index is 14.0. The Balaban J connectivity index is 1.68. The number of aryl methyl sites for hydroxylation is 3. The second-order valence-corrected chi connectivity index (χ2v) is 8.60. The van der Waals surface area contributed by atoms with Gasteiger partial charge in [-0.05, 0) is 38.1 Å². The van der Waals surface area contributed by atoms with E-state index < -0.39 is 30.3 Å². The lowest BCUT2D eigenvalue weighted by Gasteiger charge is -2.29. The summed E-state index contributed by atoms with van der Waals surface area (Å²) in [5.74, 6) is -1.54. The molecule has 0 atom stereocenters. The monoisotopic (exact) mass is 484 g/mol. The topological polar surface area (TPSA) is 102 Å². The van der Waals surface area contributed by atoms with Crippen molar-refractivity contribution in [3.05, 3.63) is 82.6 Å². The number of carbonyl (C=O) groups excluding carboxylic acids is 1. The third-order valence-corrected chi connectivity index (χ3v) is 6.18. The van der Waals surface area contributed by atoms with Gasteiger partial charge in [0.15, 0.2) is 17.2 Å². The Morgan fingerprint density at radius 1 is 1.09 bits per heavy atom. The Hall–Kier alpha value is -3.63. The number of ether oxygens (including phenoxy) is 1. The van der Waals surface area contributed by atoms with E-state index in [1.54, 1.807) is 54.5 Å². The van der Waals surface area contributed by atoms with Crippen LogP contribution in [-0.4, -0.2) is 48.4 Å². The fourth-order valence-corrected chi connectivity index (χ4v) is 4.36. The van der Waals surface area contributed by atoms with Crippen LogP contribution in [0.3, 0.4) is 0 Å². The molecule has 4 rings (SSSR count). The fourth-order valence-electron chi connectivity index (χ4n) is 4.36. The Morgan fingerprint density at radius 2 is 1.77 bits per heavy atom. The van der Waals surface area contributed by atoms with Gasteiger partial charge in [-0.15, -0.1) is 0 Å². The minimum Gasteiger partial charge on any atom is -0.485 e. The van der Waals surface area contributed by atoms with Crippen molar-refractivity contribution in [1.82, 2.24) is 19.2 Å². The van der Waals surface area contributed by atoms with Gasteiger partial charge in [-0.25, -0.2) is 13.8 Å². The van der Waals surface area contributed by atoms with Crippen molar-refractivity contribution in [3.8, 4) is 5.75 Å². The molecule has 0 aliphatic rings. The van der Waals surface area contributed by atoms with Gasteiger partial charge in [0.1, 0.15) is 23.9 Å². The molecule has 35 heavy (non-hydrogen) atoms. The predicted molar refractivity (Wildman–Crippen MR) is 123 cm³/mol. The van der Waals surface area contributed by atoms with Crippen molar-refractivity contribution < 1.29 is 28.5 Å². The van der Waals surface area contributed by atoms with Gasteiger partial charge in [0.25, 0.3) is 0 Å². The van der Waals surface area contributed by atoms with Crippen LogP contribution in [0.2, 0.25) is 0 Å². The molecule has 0 amide bonds. The van der Waals surface area contributed by atoms with E-state index in [1.807, 2.05) is 0 Å². The zero-order chi connectivity index (χ0) is 25.3. The zero-order valence-electron chi connectivity index (χ0n) is 19.6. The normalized spacial score (nSPS) is 11.9. The second kappa shape index (κ2) is 9.55. The number of carbonyl (C=O) groups is 1. The zero-order valence-corrected chi connectivity index (χ0v) is 19.6. The number of pyridine rings is 1. The lowest BCUT2D eigenvalue weighted by Crippen LogP contribution is -2.38. The van der Waals surface area contributed by atoms with E-state index >= 15 is 0 Å². The number of rotatable bonds is 9. The number of imidazole rings is 1. The van der Waals surface area contributed by atoms with Crippen molar-refractivity contribution in [1.29, 1.82) is 0 Å². The largest absolute Gasteiger partial charge is 0.485 e. The lowest BCUT2D eigenvalue weighted by molar-refractivity contribution is 0.0781. The van der Waals surface area contributed by atoms with Crippen LogP contribution in [0, 0.1) is 25.5 Å². The Labute approximate surface area is 200 Å². The van der Waals surface area contributed by atoms with Gasteiger partial charge >= 0.3 is 0 Å². The maximum atomic E-state index is 14.0. The molecule has 10 heteroatoms. The average molecular weight is 485 g/mol. The number of aromatic nitrogens is 4. The van der Waals surface area contributed by atoms with E-state index in [1.165, 1.54) is 6.07 Å². The van der Waals surface area contributed by atoms with Crippen LogP contribution in [-0.2, 0) is 19.1 Å². The van der Waals surface area contributed by atoms with Gasteiger partial charge < -0.3 is 14.9 Å². The first-order valence-corrected chi connectivity index (χ1v) is 11.0. The first-order valence-electron chi connectivity index (χ1n) is 11.0. The molecule has 0 aliphatic carbocycles. The molecule has 0 fully saturated rings. The molecule has 3 heterocycles. The molecule has 0 spiro atoms. The highest BCUT2D eigenvalue weighted by atomic mass is 19.1. The Morgan fingerprint density at radius 3 is 2.37 bits per heavy atom. The first kappa shape index (κ1) is 24.5. The summed E-state index contributed by atoms with van der Waals surface area (Å²) in [5, 5.41) is 24.7. The second-order valence-electron chi connectivity index (χ2n) is 8.60. The number of hydrogen-bond acceptors (Lipinski definition) is 6. The van der Waals surface area contributed by atoms with E-state index in [-0.39, 0.29) is 35.8 Å². The molecule has 0 aliphatic heterocycles. The van der Waals surface area contributed by atoms with E-state index in [4.69, 9.17) is 4.74 Å². The molecule has 2 N–H and O–H groups in total. The molecule has 8 nitrogen and oxygen atoms in total. The minimum atomic E-state index is -1.23. The van der Waals surface area contributed by atoms with E-state index in [0.29, 0.717) is 22.6 Å². The number of hydrogen-bond donors (Lipinski definition) is 2. The summed E-state index contributed by atoms with van der Waals surface area (Å²) < 4.78 is 36.8. The molecule has 4 aromatic rings. The fraction of sp³-hybridized carbons (Fsp3) is 0.320. The number of benzene rings is 1. The summed E-state index contributed by atoms with van der Waals surface area (Å²) in [7, 11) is 1.72. The van der Waals surface area contributed by atoms with Crippen molar-refractivity contribution in [3.63, 3.8) is 0 Å². The lowest BCUT2D eigenvalue weighted by atomic mass is 9.77. The van der Waals surface area contributed by atoms with Gasteiger partial charge in [-0.3, -0.25) is 13.9 Å². The molecule has 0 saturated carbocycles. The van der Waals surface area contributed by atoms with Gasteiger partial charge in [0.05, 0.1) is 35.6 Å². The number of fused-ring (bicyclic) bond motifs is 1. The van der Waals surface area contributed by atoms with Crippen LogP contribution in [0.5, 0.6) is 5.75 Å². The summed E-state index contributed by atoms with van der Waals surface area (Å²) in [4.78, 5) is 18.0. The molecule has 0 unspecified atom stereocenters. The van der Waals surface area contributed by atoms with Crippen LogP contribution in [0.4, 0.5) is 8.78 Å². The Kier molecular flexibility index (Phi) is 6.68. The van der Waals surface area contributed by atoms with Crippen LogP contribution in [0.1, 0.15) is 39.4 Å². The summed E-state index contributed by atoms with van der Waals surface area (Å²) >= 11 is 0. The SMILES string of the molecule is Cc1nn(C)cc1C(CO)(CO)CC(=O)c1c(C)nc2c(OCc3c(F)cccc3F)cccn12. The van der Waals surface area contributed by atoms with Crippen molar-refractivity contribution >= 4 is 11.4 Å². The van der Waals surface area contributed by atoms with Crippen molar-refractivity contribution in [2.24, 2.45) is 7.05 Å². The third-order valence-electron chi connectivity index (χ3n) is 6.18. The van der Waals surface area contributed by atoms with Crippen LogP contribution in [0.15, 0.2) is 42.7 Å². The summed E-state index contributed by atoms with van der Waals surface area (Å²) in [6, 6.07) is 6.80. The summed E-state index contributed by atoms with van der Waals surface area (Å²) in [6.07, 6.45) is 3.13. The molecule has 0 radical (unpaired) electrons. The molecule has 184 valence electrons. The highest BCUT2D eigenvalue weighted by Crippen LogP contribution is 2.32. The number of Topliss-reactive ketones (excluding diaryl/α,β-unsaturated/α-hetero) is 1. The van der Waals surface area contributed by atoms with Crippen LogP contribution in [0.25, 0.3) is 5.65 Å². The van der Waals surface area contributed by atoms with E-state index in [2.05, 4.69) is 10.1 Å². The smallest absolute Gasteiger partial charge is 0.182 e. The number of halogens is 2. The maximum Gasteiger partial charge on any atom is 0.182 e. The van der Waals surface area contributed by atoms with Gasteiger partial charge in [0.2, 0.25) is 0 Å². The summed E-state index contributed by atoms with van der Waals surface area (Å²) in [6.45, 7) is 2.14. The van der Waals surface area contributed by atoms with Crippen molar-refractivity contribution in [2.75, 3.05) is 13.2 Å². The molecule has 0 bridgehead atoms. The number of nitrogens with zero attached hydrogens (tertiary/aromatic N) is 4. The quantitative estimate of drug-likeness (QED) is 0.354. The average Bonchev–Trinajstić information content (AvgIpc) is 3.35. The molecule has 3 aromatic heterocycles. The molecule has 1 aromatic carbocycles. The van der Waals surface area contributed by atoms with E-state index in [0.717, 1.165) is 12.1 Å². The molecule has 0 saturated heterocycles. The predicted octanol–water partition coefficient (Wildman–Crippen LogP) is 3.04. The van der Waals surface area contributed by atoms with E-state index in [9.17, 15) is 23.8 Å². The molecular formula is C25H26F2N4O4. The van der Waals surface area contributed by atoms with Gasteiger partial charge in [-0.1, -0.05) is 6.07 Å². The number of aliphatic hydroxyl groups excluding tert-OH is 2. The Bertz CT molecular complexity index is 1370. The van der Waals surface area contributed by atoms with Crippen LogP contribution >= 0.6 is 0 Å². The molecular weight excluding hydrogens is 458 g/mol. The summed E-state index contributed by atoms with van der Waals surface area (Å²) in [5.41, 5.74) is 0.724. The highest BCUT2D eigenvalue weighted by molar-refractivity contribution is 5.97. The minimum absolute atomic E-state index is 0.188.